The fourth-order valence-corrected chi connectivity index (χ4v) is 2.85. The van der Waals surface area contributed by atoms with Crippen molar-refractivity contribution in [3.8, 4) is 6.07 Å². The van der Waals surface area contributed by atoms with Crippen molar-refractivity contribution in [3.05, 3.63) is 58.0 Å². The van der Waals surface area contributed by atoms with Gasteiger partial charge in [0.25, 0.3) is 11.5 Å². The lowest BCUT2D eigenvalue weighted by Crippen LogP contribution is -2.57. The Bertz CT molecular complexity index is 958. The number of piperazine rings is 1. The molecule has 0 N–H and O–H groups in total. The lowest BCUT2D eigenvalue weighted by molar-refractivity contribution is -0.121. The molecule has 1 aromatic heterocycles. The van der Waals surface area contributed by atoms with E-state index < -0.39 is 0 Å². The SMILES string of the molecule is C[C@@H]1CN(c2ccc(C#N)cc2)C(=O)CN1C(=O)c1ccc(=O)n(C)n1. The number of nitrogens with zero attached hydrogens (tertiary/aromatic N) is 5. The average molecular weight is 351 g/mol. The average Bonchev–Trinajstić information content (AvgIpc) is 2.65. The lowest BCUT2D eigenvalue weighted by Gasteiger charge is -2.39. The number of nitriles is 1. The molecule has 8 heteroatoms. The van der Waals surface area contributed by atoms with E-state index in [1.54, 1.807) is 29.2 Å². The molecule has 3 rings (SSSR count). The largest absolute Gasteiger partial charge is 0.323 e. The molecule has 1 atom stereocenters. The Morgan fingerprint density at radius 3 is 2.50 bits per heavy atom. The summed E-state index contributed by atoms with van der Waals surface area (Å²) in [5.41, 5.74) is 1.02. The van der Waals surface area contributed by atoms with E-state index in [0.717, 1.165) is 4.68 Å². The number of anilines is 1. The van der Waals surface area contributed by atoms with Crippen LogP contribution in [0.1, 0.15) is 23.0 Å². The van der Waals surface area contributed by atoms with Crippen molar-refractivity contribution < 1.29 is 9.59 Å². The Balaban J connectivity index is 1.80. The molecule has 1 aliphatic heterocycles. The van der Waals surface area contributed by atoms with E-state index in [0.29, 0.717) is 17.8 Å². The minimum Gasteiger partial charge on any atom is -0.323 e. The topological polar surface area (TPSA) is 99.3 Å². The number of hydrogen-bond acceptors (Lipinski definition) is 5. The van der Waals surface area contributed by atoms with Crippen LogP contribution in [0, 0.1) is 11.3 Å². The summed E-state index contributed by atoms with van der Waals surface area (Å²) in [7, 11) is 1.47. The number of amides is 2. The van der Waals surface area contributed by atoms with Crippen LogP contribution in [0.15, 0.2) is 41.2 Å². The van der Waals surface area contributed by atoms with Gasteiger partial charge in [-0.2, -0.15) is 10.4 Å². The maximum absolute atomic E-state index is 12.7. The van der Waals surface area contributed by atoms with E-state index in [2.05, 4.69) is 5.10 Å². The second-order valence-corrected chi connectivity index (χ2v) is 6.13. The maximum Gasteiger partial charge on any atom is 0.275 e. The first-order valence-corrected chi connectivity index (χ1v) is 8.06. The quantitative estimate of drug-likeness (QED) is 0.786. The fourth-order valence-electron chi connectivity index (χ4n) is 2.85. The van der Waals surface area contributed by atoms with Gasteiger partial charge in [0.15, 0.2) is 0 Å². The predicted molar refractivity (Wildman–Crippen MR) is 93.5 cm³/mol. The molecular weight excluding hydrogens is 334 g/mol. The summed E-state index contributed by atoms with van der Waals surface area (Å²) in [5, 5.41) is 12.8. The molecule has 26 heavy (non-hydrogen) atoms. The molecule has 1 aromatic carbocycles. The Labute approximate surface area is 149 Å². The Hall–Kier alpha value is -3.47. The zero-order valence-corrected chi connectivity index (χ0v) is 14.4. The van der Waals surface area contributed by atoms with E-state index in [1.165, 1.54) is 24.1 Å². The van der Waals surface area contributed by atoms with Gasteiger partial charge in [-0.1, -0.05) is 0 Å². The van der Waals surface area contributed by atoms with Gasteiger partial charge in [-0.05, 0) is 37.3 Å². The summed E-state index contributed by atoms with van der Waals surface area (Å²) in [5.74, 6) is -0.605. The second-order valence-electron chi connectivity index (χ2n) is 6.13. The Kier molecular flexibility index (Phi) is 4.54. The van der Waals surface area contributed by atoms with Crippen molar-refractivity contribution in [1.82, 2.24) is 14.7 Å². The van der Waals surface area contributed by atoms with Crippen LogP contribution in [-0.2, 0) is 11.8 Å². The van der Waals surface area contributed by atoms with Gasteiger partial charge in [-0.15, -0.1) is 0 Å². The van der Waals surface area contributed by atoms with Gasteiger partial charge in [0.1, 0.15) is 12.2 Å². The molecule has 2 amide bonds. The number of rotatable bonds is 2. The molecule has 2 aromatic rings. The molecule has 2 heterocycles. The van der Waals surface area contributed by atoms with Crippen molar-refractivity contribution in [1.29, 1.82) is 5.26 Å². The summed E-state index contributed by atoms with van der Waals surface area (Å²) in [6, 6.07) is 11.2. The van der Waals surface area contributed by atoms with Gasteiger partial charge in [0.2, 0.25) is 5.91 Å². The number of benzene rings is 1. The third-order valence-corrected chi connectivity index (χ3v) is 4.33. The van der Waals surface area contributed by atoms with Crippen LogP contribution in [0.5, 0.6) is 0 Å². The Morgan fingerprint density at radius 1 is 1.19 bits per heavy atom. The number of aromatic nitrogens is 2. The molecular formula is C18H17N5O3. The van der Waals surface area contributed by atoms with Crippen LogP contribution >= 0.6 is 0 Å². The zero-order valence-electron chi connectivity index (χ0n) is 14.4. The van der Waals surface area contributed by atoms with Gasteiger partial charge in [0, 0.05) is 31.4 Å². The van der Waals surface area contributed by atoms with Gasteiger partial charge in [-0.25, -0.2) is 4.68 Å². The van der Waals surface area contributed by atoms with Gasteiger partial charge >= 0.3 is 0 Å². The van der Waals surface area contributed by atoms with Crippen molar-refractivity contribution in [2.24, 2.45) is 7.05 Å². The lowest BCUT2D eigenvalue weighted by atomic mass is 10.1. The summed E-state index contributed by atoms with van der Waals surface area (Å²) in [6.07, 6.45) is 0. The molecule has 8 nitrogen and oxygen atoms in total. The van der Waals surface area contributed by atoms with Crippen molar-refractivity contribution >= 4 is 17.5 Å². The smallest absolute Gasteiger partial charge is 0.275 e. The summed E-state index contributed by atoms with van der Waals surface area (Å²) in [4.78, 5) is 39.7. The van der Waals surface area contributed by atoms with Gasteiger partial charge in [0.05, 0.1) is 11.6 Å². The first-order valence-electron chi connectivity index (χ1n) is 8.06. The van der Waals surface area contributed by atoms with E-state index in [1.807, 2.05) is 13.0 Å². The normalized spacial score (nSPS) is 17.1. The number of carbonyl (C=O) groups excluding carboxylic acids is 2. The molecule has 1 aliphatic rings. The van der Waals surface area contributed by atoms with Crippen LogP contribution in [0.25, 0.3) is 0 Å². The highest BCUT2D eigenvalue weighted by molar-refractivity contribution is 6.01. The number of hydrogen-bond donors (Lipinski definition) is 0. The zero-order chi connectivity index (χ0) is 18.8. The highest BCUT2D eigenvalue weighted by Crippen LogP contribution is 2.21. The predicted octanol–water partition coefficient (Wildman–Crippen LogP) is 0.529. The first-order chi connectivity index (χ1) is 12.4. The van der Waals surface area contributed by atoms with E-state index in [-0.39, 0.29) is 35.7 Å². The maximum atomic E-state index is 12.7. The minimum atomic E-state index is -0.388. The molecule has 1 saturated heterocycles. The van der Waals surface area contributed by atoms with Crippen LogP contribution < -0.4 is 10.5 Å². The minimum absolute atomic E-state index is 0.0788. The molecule has 0 aliphatic carbocycles. The van der Waals surface area contributed by atoms with Crippen molar-refractivity contribution in [2.45, 2.75) is 13.0 Å². The summed E-state index contributed by atoms with van der Waals surface area (Å²) < 4.78 is 1.09. The van der Waals surface area contributed by atoms with Crippen LogP contribution in [0.2, 0.25) is 0 Å². The molecule has 0 unspecified atom stereocenters. The summed E-state index contributed by atoms with van der Waals surface area (Å²) >= 11 is 0. The fraction of sp³-hybridized carbons (Fsp3) is 0.278. The van der Waals surface area contributed by atoms with Crippen LogP contribution in [0.4, 0.5) is 5.69 Å². The molecule has 1 fully saturated rings. The molecule has 0 spiro atoms. The van der Waals surface area contributed by atoms with E-state index >= 15 is 0 Å². The number of carbonyl (C=O) groups is 2. The third-order valence-electron chi connectivity index (χ3n) is 4.33. The number of aryl methyl sites for hydroxylation is 1. The van der Waals surface area contributed by atoms with E-state index in [9.17, 15) is 14.4 Å². The molecule has 132 valence electrons. The summed E-state index contributed by atoms with van der Waals surface area (Å²) in [6.45, 7) is 2.11. The Morgan fingerprint density at radius 2 is 1.88 bits per heavy atom. The van der Waals surface area contributed by atoms with Gasteiger partial charge < -0.3 is 9.80 Å². The first kappa shape index (κ1) is 17.4. The van der Waals surface area contributed by atoms with Crippen molar-refractivity contribution in [3.63, 3.8) is 0 Å². The second kappa shape index (κ2) is 6.80. The van der Waals surface area contributed by atoms with Crippen LogP contribution in [0.3, 0.4) is 0 Å². The standard InChI is InChI=1S/C18H17N5O3/c1-12-10-23(14-5-3-13(9-19)4-6-14)17(25)11-22(12)18(26)15-7-8-16(24)21(2)20-15/h3-8,12H,10-11H2,1-2H3/t12-/m1/s1. The highest BCUT2D eigenvalue weighted by atomic mass is 16.2. The molecule has 0 bridgehead atoms. The monoisotopic (exact) mass is 351 g/mol. The highest BCUT2D eigenvalue weighted by Gasteiger charge is 2.34. The molecule has 0 saturated carbocycles. The molecule has 0 radical (unpaired) electrons. The van der Waals surface area contributed by atoms with Gasteiger partial charge in [-0.3, -0.25) is 14.4 Å². The van der Waals surface area contributed by atoms with Crippen molar-refractivity contribution in [2.75, 3.05) is 18.0 Å². The van der Waals surface area contributed by atoms with E-state index in [4.69, 9.17) is 5.26 Å². The third kappa shape index (κ3) is 3.19. The van der Waals surface area contributed by atoms with Crippen LogP contribution in [-0.4, -0.2) is 45.6 Å².